The van der Waals surface area contributed by atoms with Gasteiger partial charge in [0, 0.05) is 0 Å². The minimum atomic E-state index is -0.327. The highest BCUT2D eigenvalue weighted by atomic mass is 16.5. The van der Waals surface area contributed by atoms with Gasteiger partial charge in [-0.05, 0) is 19.3 Å². The average Bonchev–Trinajstić information content (AvgIpc) is 2.33. The smallest absolute Gasteiger partial charge is 0.306 e. The van der Waals surface area contributed by atoms with Gasteiger partial charge in [0.1, 0.15) is 6.10 Å². The third-order valence-electron chi connectivity index (χ3n) is 2.36. The largest absolute Gasteiger partial charge is 0.466 e. The molecule has 100 valence electrons. The Bertz CT molecular complexity index is 225. The summed E-state index contributed by atoms with van der Waals surface area (Å²) in [6, 6.07) is 0. The molecule has 17 heavy (non-hydrogen) atoms. The molecular formula is C13H24O4. The predicted octanol–water partition coefficient (Wildman–Crippen LogP) is 2.84. The van der Waals surface area contributed by atoms with Crippen molar-refractivity contribution in [3.63, 3.8) is 0 Å². The van der Waals surface area contributed by atoms with Gasteiger partial charge in [-0.1, -0.05) is 27.2 Å². The van der Waals surface area contributed by atoms with E-state index in [1.165, 1.54) is 0 Å². The zero-order valence-electron chi connectivity index (χ0n) is 11.2. The van der Waals surface area contributed by atoms with E-state index in [9.17, 15) is 9.59 Å². The van der Waals surface area contributed by atoms with Gasteiger partial charge in [0.2, 0.25) is 0 Å². The molecule has 0 radical (unpaired) electrons. The first-order valence-electron chi connectivity index (χ1n) is 6.49. The Morgan fingerprint density at radius 2 is 1.65 bits per heavy atom. The topological polar surface area (TPSA) is 52.6 Å². The number of esters is 2. The second-order valence-electron chi connectivity index (χ2n) is 4.03. The lowest BCUT2D eigenvalue weighted by Crippen LogP contribution is -2.18. The maximum atomic E-state index is 11.4. The van der Waals surface area contributed by atoms with Crippen LogP contribution in [0, 0.1) is 0 Å². The van der Waals surface area contributed by atoms with Crippen molar-refractivity contribution >= 4 is 11.9 Å². The molecule has 0 bridgehead atoms. The van der Waals surface area contributed by atoms with Crippen molar-refractivity contribution in [1.82, 2.24) is 0 Å². The van der Waals surface area contributed by atoms with Crippen molar-refractivity contribution in [2.24, 2.45) is 0 Å². The molecular weight excluding hydrogens is 220 g/mol. The molecule has 0 aliphatic rings. The zero-order valence-corrected chi connectivity index (χ0v) is 11.2. The first-order chi connectivity index (χ1) is 8.13. The standard InChI is InChI=1S/C13H24O4/c1-4-7-11(6-3)17-13(15)9-8-12(14)16-10-5-2/h11H,4-10H2,1-3H3. The van der Waals surface area contributed by atoms with Crippen molar-refractivity contribution in [2.75, 3.05) is 6.61 Å². The Morgan fingerprint density at radius 3 is 2.18 bits per heavy atom. The number of ether oxygens (including phenoxy) is 2. The molecule has 4 heteroatoms. The van der Waals surface area contributed by atoms with Crippen molar-refractivity contribution in [1.29, 1.82) is 0 Å². The van der Waals surface area contributed by atoms with E-state index in [4.69, 9.17) is 9.47 Å². The van der Waals surface area contributed by atoms with Crippen molar-refractivity contribution in [2.45, 2.75) is 65.4 Å². The second kappa shape index (κ2) is 10.1. The summed E-state index contributed by atoms with van der Waals surface area (Å²) in [7, 11) is 0. The molecule has 0 aliphatic carbocycles. The summed E-state index contributed by atoms with van der Waals surface area (Å²) in [4.78, 5) is 22.6. The molecule has 0 rings (SSSR count). The number of hydrogen-bond acceptors (Lipinski definition) is 4. The first-order valence-corrected chi connectivity index (χ1v) is 6.49. The van der Waals surface area contributed by atoms with Gasteiger partial charge in [0.25, 0.3) is 0 Å². The molecule has 0 saturated heterocycles. The molecule has 0 heterocycles. The lowest BCUT2D eigenvalue weighted by molar-refractivity contribution is -0.154. The van der Waals surface area contributed by atoms with E-state index in [0.29, 0.717) is 6.61 Å². The van der Waals surface area contributed by atoms with Crippen LogP contribution in [0.15, 0.2) is 0 Å². The number of carbonyl (C=O) groups is 2. The van der Waals surface area contributed by atoms with Crippen LogP contribution in [0.5, 0.6) is 0 Å². The van der Waals surface area contributed by atoms with Gasteiger partial charge in [-0.3, -0.25) is 9.59 Å². The predicted molar refractivity (Wildman–Crippen MR) is 65.6 cm³/mol. The highest BCUT2D eigenvalue weighted by Crippen LogP contribution is 2.08. The molecule has 0 aliphatic heterocycles. The molecule has 0 aromatic heterocycles. The molecule has 0 aromatic rings. The Kier molecular flexibility index (Phi) is 9.49. The third-order valence-corrected chi connectivity index (χ3v) is 2.36. The normalized spacial score (nSPS) is 11.9. The van der Waals surface area contributed by atoms with Crippen LogP contribution >= 0.6 is 0 Å². The third kappa shape index (κ3) is 8.72. The first kappa shape index (κ1) is 15.9. The fraction of sp³-hybridized carbons (Fsp3) is 0.846. The highest BCUT2D eigenvalue weighted by Gasteiger charge is 2.13. The van der Waals surface area contributed by atoms with E-state index in [-0.39, 0.29) is 30.9 Å². The zero-order chi connectivity index (χ0) is 13.1. The fourth-order valence-electron chi connectivity index (χ4n) is 1.41. The van der Waals surface area contributed by atoms with E-state index >= 15 is 0 Å². The molecule has 1 atom stereocenters. The van der Waals surface area contributed by atoms with E-state index in [0.717, 1.165) is 25.7 Å². The molecule has 0 spiro atoms. The van der Waals surface area contributed by atoms with Crippen LogP contribution in [0.4, 0.5) is 0 Å². The Morgan fingerprint density at radius 1 is 1.00 bits per heavy atom. The van der Waals surface area contributed by atoms with Crippen molar-refractivity contribution in [3.05, 3.63) is 0 Å². The maximum absolute atomic E-state index is 11.4. The minimum absolute atomic E-state index is 0.0147. The van der Waals surface area contributed by atoms with Gasteiger partial charge in [-0.15, -0.1) is 0 Å². The van der Waals surface area contributed by atoms with Crippen LogP contribution in [0.3, 0.4) is 0 Å². The molecule has 4 nitrogen and oxygen atoms in total. The van der Waals surface area contributed by atoms with Crippen molar-refractivity contribution in [3.8, 4) is 0 Å². The lowest BCUT2D eigenvalue weighted by atomic mass is 10.1. The molecule has 0 N–H and O–H groups in total. The molecule has 0 saturated carbocycles. The summed E-state index contributed by atoms with van der Waals surface area (Å²) in [6.07, 6.45) is 3.70. The van der Waals surface area contributed by atoms with Gasteiger partial charge >= 0.3 is 11.9 Å². The number of rotatable bonds is 9. The monoisotopic (exact) mass is 244 g/mol. The lowest BCUT2D eigenvalue weighted by Gasteiger charge is -2.14. The van der Waals surface area contributed by atoms with Crippen LogP contribution < -0.4 is 0 Å². The van der Waals surface area contributed by atoms with E-state index < -0.39 is 0 Å². The Labute approximate surface area is 104 Å². The summed E-state index contributed by atoms with van der Waals surface area (Å²) in [5, 5.41) is 0. The van der Waals surface area contributed by atoms with Gasteiger partial charge in [-0.2, -0.15) is 0 Å². The van der Waals surface area contributed by atoms with Crippen LogP contribution in [0.2, 0.25) is 0 Å². The summed E-state index contributed by atoms with van der Waals surface area (Å²) < 4.78 is 10.1. The summed E-state index contributed by atoms with van der Waals surface area (Å²) in [5.41, 5.74) is 0. The SMILES string of the molecule is CCCOC(=O)CCC(=O)OC(CC)CCC. The average molecular weight is 244 g/mol. The van der Waals surface area contributed by atoms with Gasteiger partial charge in [0.05, 0.1) is 19.4 Å². The van der Waals surface area contributed by atoms with E-state index in [1.54, 1.807) is 0 Å². The quantitative estimate of drug-likeness (QED) is 0.585. The molecule has 0 aromatic carbocycles. The number of carbonyl (C=O) groups excluding carboxylic acids is 2. The van der Waals surface area contributed by atoms with E-state index in [2.05, 4.69) is 6.92 Å². The summed E-state index contributed by atoms with van der Waals surface area (Å²) >= 11 is 0. The molecule has 0 amide bonds. The Hall–Kier alpha value is -1.06. The minimum Gasteiger partial charge on any atom is -0.466 e. The Balaban J connectivity index is 3.74. The fourth-order valence-corrected chi connectivity index (χ4v) is 1.41. The number of hydrogen-bond donors (Lipinski definition) is 0. The highest BCUT2D eigenvalue weighted by molar-refractivity contribution is 5.77. The van der Waals surface area contributed by atoms with Crippen LogP contribution in [0.25, 0.3) is 0 Å². The van der Waals surface area contributed by atoms with E-state index in [1.807, 2.05) is 13.8 Å². The summed E-state index contributed by atoms with van der Waals surface area (Å²) in [6.45, 7) is 6.39. The maximum Gasteiger partial charge on any atom is 0.306 e. The molecule has 0 fully saturated rings. The van der Waals surface area contributed by atoms with Crippen LogP contribution in [-0.2, 0) is 19.1 Å². The molecule has 1 unspecified atom stereocenters. The van der Waals surface area contributed by atoms with Crippen LogP contribution in [-0.4, -0.2) is 24.6 Å². The van der Waals surface area contributed by atoms with Crippen molar-refractivity contribution < 1.29 is 19.1 Å². The summed E-state index contributed by atoms with van der Waals surface area (Å²) in [5.74, 6) is -0.633. The second-order valence-corrected chi connectivity index (χ2v) is 4.03. The van der Waals surface area contributed by atoms with Gasteiger partial charge < -0.3 is 9.47 Å². The van der Waals surface area contributed by atoms with Crippen LogP contribution in [0.1, 0.15) is 59.3 Å². The van der Waals surface area contributed by atoms with Gasteiger partial charge in [0.15, 0.2) is 0 Å². The van der Waals surface area contributed by atoms with Gasteiger partial charge in [-0.25, -0.2) is 0 Å².